The lowest BCUT2D eigenvalue weighted by atomic mass is 10.1. The van der Waals surface area contributed by atoms with Gasteiger partial charge < -0.3 is 15.5 Å². The summed E-state index contributed by atoms with van der Waals surface area (Å²) in [4.78, 5) is 4.35. The standard InChI is InChI=1S/C16H16FN3S/c1-19-9-10-20(13-7-3-2-6-12(13)19)14-8-4-5-11(17)15(14)16(18)21/h2-8H,9-10H2,1H3,(H2,18,21). The molecular formula is C16H16FN3S. The normalized spacial score (nSPS) is 14.0. The van der Waals surface area contributed by atoms with Gasteiger partial charge in [0, 0.05) is 20.1 Å². The number of nitrogens with zero attached hydrogens (tertiary/aromatic N) is 2. The van der Waals surface area contributed by atoms with Crippen LogP contribution in [0.25, 0.3) is 0 Å². The van der Waals surface area contributed by atoms with Crippen molar-refractivity contribution in [3.05, 3.63) is 53.8 Å². The van der Waals surface area contributed by atoms with E-state index in [2.05, 4.69) is 22.9 Å². The fraction of sp³-hybridized carbons (Fsp3) is 0.188. The van der Waals surface area contributed by atoms with Crippen molar-refractivity contribution in [3.63, 3.8) is 0 Å². The van der Waals surface area contributed by atoms with E-state index in [9.17, 15) is 4.39 Å². The highest BCUT2D eigenvalue weighted by molar-refractivity contribution is 7.80. The number of hydrogen-bond donors (Lipinski definition) is 1. The smallest absolute Gasteiger partial charge is 0.135 e. The second-order valence-corrected chi connectivity index (χ2v) is 5.50. The second-order valence-electron chi connectivity index (χ2n) is 5.06. The summed E-state index contributed by atoms with van der Waals surface area (Å²) in [6, 6.07) is 13.0. The third-order valence-electron chi connectivity index (χ3n) is 3.77. The monoisotopic (exact) mass is 301 g/mol. The number of anilines is 3. The van der Waals surface area contributed by atoms with Crippen LogP contribution in [0.2, 0.25) is 0 Å². The molecule has 0 unspecified atom stereocenters. The van der Waals surface area contributed by atoms with E-state index in [-0.39, 0.29) is 10.8 Å². The number of para-hydroxylation sites is 2. The predicted molar refractivity (Wildman–Crippen MR) is 89.0 cm³/mol. The van der Waals surface area contributed by atoms with E-state index in [4.69, 9.17) is 18.0 Å². The molecule has 1 aliphatic heterocycles. The van der Waals surface area contributed by atoms with E-state index in [1.165, 1.54) is 6.07 Å². The molecule has 2 aromatic rings. The molecule has 108 valence electrons. The Morgan fingerprint density at radius 1 is 1.05 bits per heavy atom. The number of fused-ring (bicyclic) bond motifs is 1. The Hall–Kier alpha value is -2.14. The average Bonchev–Trinajstić information content (AvgIpc) is 2.47. The van der Waals surface area contributed by atoms with Gasteiger partial charge in [-0.2, -0.15) is 0 Å². The lowest BCUT2D eigenvalue weighted by Gasteiger charge is -2.37. The first-order valence-corrected chi connectivity index (χ1v) is 7.16. The largest absolute Gasteiger partial charge is 0.389 e. The molecule has 1 aliphatic rings. The summed E-state index contributed by atoms with van der Waals surface area (Å²) in [6.45, 7) is 1.61. The van der Waals surface area contributed by atoms with Crippen LogP contribution < -0.4 is 15.5 Å². The summed E-state index contributed by atoms with van der Waals surface area (Å²) in [7, 11) is 2.05. The minimum Gasteiger partial charge on any atom is -0.389 e. The van der Waals surface area contributed by atoms with E-state index in [1.54, 1.807) is 6.07 Å². The molecule has 5 heteroatoms. The van der Waals surface area contributed by atoms with E-state index in [0.29, 0.717) is 5.56 Å². The first kappa shape index (κ1) is 13.8. The third-order valence-corrected chi connectivity index (χ3v) is 3.98. The van der Waals surface area contributed by atoms with Crippen molar-refractivity contribution >= 4 is 34.3 Å². The van der Waals surface area contributed by atoms with E-state index < -0.39 is 0 Å². The van der Waals surface area contributed by atoms with E-state index >= 15 is 0 Å². The summed E-state index contributed by atoms with van der Waals surface area (Å²) in [5.41, 5.74) is 8.91. The molecule has 0 aliphatic carbocycles. The molecule has 1 heterocycles. The Kier molecular flexibility index (Phi) is 3.51. The fourth-order valence-corrected chi connectivity index (χ4v) is 2.94. The van der Waals surface area contributed by atoms with Crippen molar-refractivity contribution in [2.75, 3.05) is 29.9 Å². The van der Waals surface area contributed by atoms with Crippen molar-refractivity contribution in [3.8, 4) is 0 Å². The number of likely N-dealkylation sites (N-methyl/N-ethyl adjacent to an activating group) is 1. The molecule has 3 nitrogen and oxygen atoms in total. The number of halogens is 1. The van der Waals surface area contributed by atoms with Crippen molar-refractivity contribution in [2.45, 2.75) is 0 Å². The zero-order valence-corrected chi connectivity index (χ0v) is 12.5. The summed E-state index contributed by atoms with van der Waals surface area (Å²) >= 11 is 5.03. The van der Waals surface area contributed by atoms with Crippen LogP contribution in [-0.2, 0) is 0 Å². The summed E-state index contributed by atoms with van der Waals surface area (Å²) in [5.74, 6) is -0.378. The Bertz CT molecular complexity index is 702. The quantitative estimate of drug-likeness (QED) is 0.864. The Balaban J connectivity index is 2.17. The van der Waals surface area contributed by atoms with Gasteiger partial charge in [-0.15, -0.1) is 0 Å². The van der Waals surface area contributed by atoms with Gasteiger partial charge in [0.1, 0.15) is 10.8 Å². The average molecular weight is 301 g/mol. The number of benzene rings is 2. The van der Waals surface area contributed by atoms with Crippen LogP contribution in [0.5, 0.6) is 0 Å². The first-order valence-electron chi connectivity index (χ1n) is 6.75. The maximum atomic E-state index is 14.1. The van der Waals surface area contributed by atoms with Crippen molar-refractivity contribution < 1.29 is 4.39 Å². The SMILES string of the molecule is CN1CCN(c2cccc(F)c2C(N)=S)c2ccccc21. The Labute approximate surface area is 128 Å². The molecule has 0 radical (unpaired) electrons. The topological polar surface area (TPSA) is 32.5 Å². The van der Waals surface area contributed by atoms with Crippen LogP contribution in [0.1, 0.15) is 5.56 Å². The molecule has 0 amide bonds. The third kappa shape index (κ3) is 2.34. The number of hydrogen-bond acceptors (Lipinski definition) is 3. The maximum Gasteiger partial charge on any atom is 0.135 e. The molecule has 2 N–H and O–H groups in total. The second kappa shape index (κ2) is 5.33. The number of nitrogens with two attached hydrogens (primary N) is 1. The maximum absolute atomic E-state index is 14.1. The van der Waals surface area contributed by atoms with Crippen LogP contribution in [0.4, 0.5) is 21.5 Å². The van der Waals surface area contributed by atoms with E-state index in [1.807, 2.05) is 24.3 Å². The highest BCUT2D eigenvalue weighted by atomic mass is 32.1. The fourth-order valence-electron chi connectivity index (χ4n) is 2.74. The molecule has 2 aromatic carbocycles. The zero-order chi connectivity index (χ0) is 15.0. The van der Waals surface area contributed by atoms with Gasteiger partial charge in [-0.1, -0.05) is 30.4 Å². The van der Waals surface area contributed by atoms with Crippen molar-refractivity contribution in [1.29, 1.82) is 0 Å². The lowest BCUT2D eigenvalue weighted by Crippen LogP contribution is -2.37. The highest BCUT2D eigenvalue weighted by Gasteiger charge is 2.24. The number of thiocarbonyl (C=S) groups is 1. The van der Waals surface area contributed by atoms with Gasteiger partial charge in [-0.05, 0) is 24.3 Å². The molecule has 0 spiro atoms. The van der Waals surface area contributed by atoms with Gasteiger partial charge in [-0.3, -0.25) is 0 Å². The molecule has 0 atom stereocenters. The van der Waals surface area contributed by atoms with Gasteiger partial charge in [0.05, 0.1) is 22.6 Å². The minimum absolute atomic E-state index is 0.0829. The minimum atomic E-state index is -0.378. The lowest BCUT2D eigenvalue weighted by molar-refractivity contribution is 0.625. The zero-order valence-electron chi connectivity index (χ0n) is 11.7. The first-order chi connectivity index (χ1) is 10.1. The van der Waals surface area contributed by atoms with Crippen LogP contribution >= 0.6 is 12.2 Å². The number of rotatable bonds is 2. The summed E-state index contributed by atoms with van der Waals surface area (Å²) < 4.78 is 14.1. The van der Waals surface area contributed by atoms with Gasteiger partial charge in [0.2, 0.25) is 0 Å². The van der Waals surface area contributed by atoms with Crippen molar-refractivity contribution in [2.24, 2.45) is 5.73 Å². The van der Waals surface area contributed by atoms with Crippen LogP contribution in [0.3, 0.4) is 0 Å². The van der Waals surface area contributed by atoms with Gasteiger partial charge in [0.15, 0.2) is 0 Å². The molecule has 0 saturated heterocycles. The summed E-state index contributed by atoms with van der Waals surface area (Å²) in [5, 5.41) is 0. The van der Waals surface area contributed by atoms with Crippen LogP contribution in [0.15, 0.2) is 42.5 Å². The predicted octanol–water partition coefficient (Wildman–Crippen LogP) is 3.05. The molecule has 0 saturated carbocycles. The molecular weight excluding hydrogens is 285 g/mol. The molecule has 0 aromatic heterocycles. The van der Waals surface area contributed by atoms with Gasteiger partial charge in [0.25, 0.3) is 0 Å². The van der Waals surface area contributed by atoms with Crippen molar-refractivity contribution in [1.82, 2.24) is 0 Å². The molecule has 21 heavy (non-hydrogen) atoms. The van der Waals surface area contributed by atoms with Crippen LogP contribution in [0, 0.1) is 5.82 Å². The van der Waals surface area contributed by atoms with Crippen LogP contribution in [-0.4, -0.2) is 25.1 Å². The molecule has 0 fully saturated rings. The van der Waals surface area contributed by atoms with E-state index in [0.717, 1.165) is 30.2 Å². The van der Waals surface area contributed by atoms with Gasteiger partial charge in [-0.25, -0.2) is 4.39 Å². The molecule has 3 rings (SSSR count). The Morgan fingerprint density at radius 2 is 1.71 bits per heavy atom. The summed E-state index contributed by atoms with van der Waals surface area (Å²) in [6.07, 6.45) is 0. The highest BCUT2D eigenvalue weighted by Crippen LogP contribution is 2.38. The Morgan fingerprint density at radius 3 is 2.43 bits per heavy atom. The van der Waals surface area contributed by atoms with Gasteiger partial charge >= 0.3 is 0 Å². The molecule has 0 bridgehead atoms.